The van der Waals surface area contributed by atoms with Crippen LogP contribution in [0.4, 0.5) is 0 Å². The first kappa shape index (κ1) is 14.7. The van der Waals surface area contributed by atoms with Gasteiger partial charge in [-0.2, -0.15) is 0 Å². The lowest BCUT2D eigenvalue weighted by molar-refractivity contribution is 0.322. The fourth-order valence-electron chi connectivity index (χ4n) is 1.78. The molecule has 0 aliphatic heterocycles. The van der Waals surface area contributed by atoms with Gasteiger partial charge in [0.1, 0.15) is 12.4 Å². The van der Waals surface area contributed by atoms with E-state index in [0.717, 1.165) is 31.2 Å². The van der Waals surface area contributed by atoms with E-state index in [0.29, 0.717) is 12.6 Å². The van der Waals surface area contributed by atoms with E-state index in [1.54, 1.807) is 0 Å². The molecule has 1 aromatic rings. The van der Waals surface area contributed by atoms with Crippen LogP contribution in [0, 0.1) is 0 Å². The Morgan fingerprint density at radius 3 is 2.80 bits per heavy atom. The molecule has 20 heavy (non-hydrogen) atoms. The minimum Gasteiger partial charge on any atom is -0.492 e. The van der Waals surface area contributed by atoms with Crippen LogP contribution in [0.3, 0.4) is 0 Å². The molecule has 0 radical (unpaired) electrons. The Hall–Kier alpha value is -1.71. The molecule has 2 N–H and O–H groups in total. The zero-order valence-electron chi connectivity index (χ0n) is 12.3. The van der Waals surface area contributed by atoms with Crippen LogP contribution in [0.1, 0.15) is 32.6 Å². The Balaban J connectivity index is 1.66. The second kappa shape index (κ2) is 8.46. The molecule has 0 atom stereocenters. The number of nitrogens with zero attached hydrogens (tertiary/aromatic N) is 1. The van der Waals surface area contributed by atoms with E-state index in [-0.39, 0.29) is 0 Å². The van der Waals surface area contributed by atoms with Crippen LogP contribution < -0.4 is 15.4 Å². The second-order valence-electron chi connectivity index (χ2n) is 5.09. The fraction of sp³-hybridized carbons (Fsp3) is 0.562. The highest BCUT2D eigenvalue weighted by Gasteiger charge is 2.22. The molecule has 4 heteroatoms. The number of guanidine groups is 1. The van der Waals surface area contributed by atoms with Gasteiger partial charge in [0.25, 0.3) is 0 Å². The summed E-state index contributed by atoms with van der Waals surface area (Å²) >= 11 is 0. The number of hydrogen-bond donors (Lipinski definition) is 2. The predicted molar refractivity (Wildman–Crippen MR) is 83.3 cm³/mol. The van der Waals surface area contributed by atoms with Crippen molar-refractivity contribution < 1.29 is 4.74 Å². The summed E-state index contributed by atoms with van der Waals surface area (Å²) in [6.07, 6.45) is 4.83. The van der Waals surface area contributed by atoms with Gasteiger partial charge in [0.2, 0.25) is 0 Å². The molecule has 1 aliphatic rings. The third-order valence-corrected chi connectivity index (χ3v) is 3.11. The molecule has 1 saturated carbocycles. The van der Waals surface area contributed by atoms with E-state index in [2.05, 4.69) is 22.5 Å². The van der Waals surface area contributed by atoms with Crippen LogP contribution in [0.5, 0.6) is 5.75 Å². The predicted octanol–water partition coefficient (Wildman–Crippen LogP) is 2.56. The molecule has 0 bridgehead atoms. The molecular weight excluding hydrogens is 250 g/mol. The summed E-state index contributed by atoms with van der Waals surface area (Å²) in [5, 5.41) is 6.77. The minimum atomic E-state index is 0.623. The number of para-hydroxylation sites is 1. The van der Waals surface area contributed by atoms with Gasteiger partial charge < -0.3 is 15.4 Å². The van der Waals surface area contributed by atoms with E-state index >= 15 is 0 Å². The van der Waals surface area contributed by atoms with Crippen molar-refractivity contribution in [3.05, 3.63) is 30.3 Å². The average molecular weight is 275 g/mol. The maximum atomic E-state index is 5.66. The summed E-state index contributed by atoms with van der Waals surface area (Å²) in [5.74, 6) is 1.84. The average Bonchev–Trinajstić information content (AvgIpc) is 3.28. The van der Waals surface area contributed by atoms with E-state index in [4.69, 9.17) is 4.74 Å². The Bertz CT molecular complexity index is 401. The van der Waals surface area contributed by atoms with Crippen LogP contribution in [0.25, 0.3) is 0 Å². The maximum Gasteiger partial charge on any atom is 0.191 e. The van der Waals surface area contributed by atoms with Gasteiger partial charge in [0.05, 0.1) is 6.54 Å². The number of unbranched alkanes of at least 4 members (excludes halogenated alkanes) is 1. The molecule has 4 nitrogen and oxygen atoms in total. The number of rotatable bonds is 8. The van der Waals surface area contributed by atoms with Gasteiger partial charge in [0, 0.05) is 12.6 Å². The first-order valence-corrected chi connectivity index (χ1v) is 7.61. The van der Waals surface area contributed by atoms with Crippen molar-refractivity contribution in [1.82, 2.24) is 10.6 Å². The van der Waals surface area contributed by atoms with Crippen LogP contribution in [0.15, 0.2) is 35.3 Å². The van der Waals surface area contributed by atoms with E-state index in [9.17, 15) is 0 Å². The third-order valence-electron chi connectivity index (χ3n) is 3.11. The Kier molecular flexibility index (Phi) is 6.21. The molecule has 0 saturated heterocycles. The van der Waals surface area contributed by atoms with Gasteiger partial charge in [-0.3, -0.25) is 4.99 Å². The van der Waals surface area contributed by atoms with Crippen molar-refractivity contribution in [3.8, 4) is 5.75 Å². The Labute approximate surface area is 121 Å². The molecule has 2 rings (SSSR count). The van der Waals surface area contributed by atoms with E-state index in [1.807, 2.05) is 30.3 Å². The molecule has 0 heterocycles. The SMILES string of the molecule is CCCCN=C(NCCOc1ccccc1)NC1CC1. The van der Waals surface area contributed by atoms with Crippen LogP contribution >= 0.6 is 0 Å². The van der Waals surface area contributed by atoms with Crippen LogP contribution in [-0.4, -0.2) is 31.7 Å². The number of aliphatic imine (C=N–C) groups is 1. The normalized spacial score (nSPS) is 14.9. The van der Waals surface area contributed by atoms with Crippen molar-refractivity contribution in [2.75, 3.05) is 19.7 Å². The Morgan fingerprint density at radius 2 is 2.10 bits per heavy atom. The number of ether oxygens (including phenoxy) is 1. The third kappa shape index (κ3) is 5.95. The van der Waals surface area contributed by atoms with Crippen LogP contribution in [0.2, 0.25) is 0 Å². The van der Waals surface area contributed by atoms with Gasteiger partial charge in [-0.15, -0.1) is 0 Å². The molecule has 0 spiro atoms. The molecule has 0 amide bonds. The smallest absolute Gasteiger partial charge is 0.191 e. The zero-order valence-corrected chi connectivity index (χ0v) is 12.3. The highest BCUT2D eigenvalue weighted by molar-refractivity contribution is 5.80. The van der Waals surface area contributed by atoms with Gasteiger partial charge in [0.15, 0.2) is 5.96 Å². The maximum absolute atomic E-state index is 5.66. The minimum absolute atomic E-state index is 0.623. The monoisotopic (exact) mass is 275 g/mol. The summed E-state index contributed by atoms with van der Waals surface area (Å²) in [6, 6.07) is 10.5. The summed E-state index contributed by atoms with van der Waals surface area (Å²) in [6.45, 7) is 4.48. The van der Waals surface area contributed by atoms with E-state index < -0.39 is 0 Å². The highest BCUT2D eigenvalue weighted by Crippen LogP contribution is 2.18. The lowest BCUT2D eigenvalue weighted by Gasteiger charge is -2.12. The molecule has 110 valence electrons. The molecule has 0 unspecified atom stereocenters. The van der Waals surface area contributed by atoms with Gasteiger partial charge in [-0.25, -0.2) is 0 Å². The van der Waals surface area contributed by atoms with E-state index in [1.165, 1.54) is 19.3 Å². The summed E-state index contributed by atoms with van der Waals surface area (Å²) in [4.78, 5) is 4.58. The highest BCUT2D eigenvalue weighted by atomic mass is 16.5. The summed E-state index contributed by atoms with van der Waals surface area (Å²) in [7, 11) is 0. The van der Waals surface area contributed by atoms with Gasteiger partial charge in [-0.05, 0) is 31.4 Å². The molecule has 0 aromatic heterocycles. The van der Waals surface area contributed by atoms with Gasteiger partial charge in [-0.1, -0.05) is 31.5 Å². The molecular formula is C16H25N3O. The quantitative estimate of drug-likeness (QED) is 0.435. The van der Waals surface area contributed by atoms with Crippen LogP contribution in [-0.2, 0) is 0 Å². The number of hydrogen-bond acceptors (Lipinski definition) is 2. The van der Waals surface area contributed by atoms with Crippen molar-refractivity contribution in [2.45, 2.75) is 38.6 Å². The first-order valence-electron chi connectivity index (χ1n) is 7.61. The topological polar surface area (TPSA) is 45.7 Å². The molecule has 1 aromatic carbocycles. The lowest BCUT2D eigenvalue weighted by atomic mass is 10.3. The Morgan fingerprint density at radius 1 is 1.30 bits per heavy atom. The van der Waals surface area contributed by atoms with Gasteiger partial charge >= 0.3 is 0 Å². The van der Waals surface area contributed by atoms with Crippen molar-refractivity contribution in [3.63, 3.8) is 0 Å². The summed E-state index contributed by atoms with van der Waals surface area (Å²) < 4.78 is 5.66. The largest absolute Gasteiger partial charge is 0.492 e. The number of benzene rings is 1. The van der Waals surface area contributed by atoms with Crippen molar-refractivity contribution in [2.24, 2.45) is 4.99 Å². The molecule has 1 aliphatic carbocycles. The lowest BCUT2D eigenvalue weighted by Crippen LogP contribution is -2.40. The molecule has 1 fully saturated rings. The first-order chi connectivity index (χ1) is 9.88. The standard InChI is InChI=1S/C16H25N3O/c1-2-3-11-17-16(19-14-9-10-14)18-12-13-20-15-7-5-4-6-8-15/h4-8,14H,2-3,9-13H2,1H3,(H2,17,18,19). The zero-order chi connectivity index (χ0) is 14.0. The second-order valence-corrected chi connectivity index (χ2v) is 5.09. The summed E-state index contributed by atoms with van der Waals surface area (Å²) in [5.41, 5.74) is 0. The number of nitrogens with one attached hydrogen (secondary N) is 2. The van der Waals surface area contributed by atoms with Crippen molar-refractivity contribution >= 4 is 5.96 Å². The fourth-order valence-corrected chi connectivity index (χ4v) is 1.78. The van der Waals surface area contributed by atoms with Crippen molar-refractivity contribution in [1.29, 1.82) is 0 Å².